The van der Waals surface area contributed by atoms with E-state index in [1.165, 1.54) is 22.9 Å². The summed E-state index contributed by atoms with van der Waals surface area (Å²) in [6.45, 7) is 7.17. The van der Waals surface area contributed by atoms with Crippen LogP contribution in [0, 0.1) is 5.92 Å². The molecule has 4 aliphatic rings. The van der Waals surface area contributed by atoms with Crippen molar-refractivity contribution in [2.45, 2.75) is 86.8 Å². The van der Waals surface area contributed by atoms with Gasteiger partial charge in [-0.1, -0.05) is 12.7 Å². The molecular weight excluding hydrogens is 554 g/mol. The monoisotopic (exact) mass is 593 g/mol. The number of sulfonamides is 1. The summed E-state index contributed by atoms with van der Waals surface area (Å²) in [4.78, 5) is 67.6. The third-order valence-corrected chi connectivity index (χ3v) is 10.1. The summed E-state index contributed by atoms with van der Waals surface area (Å²) in [5.41, 5.74) is -1.47. The molecule has 13 nitrogen and oxygen atoms in total. The zero-order valence-electron chi connectivity index (χ0n) is 23.3. The maximum atomic E-state index is 13.7. The van der Waals surface area contributed by atoms with Crippen molar-refractivity contribution in [1.29, 1.82) is 0 Å². The molecule has 0 aromatic rings. The quantitative estimate of drug-likeness (QED) is 0.215. The third-order valence-electron chi connectivity index (χ3n) is 8.26. The minimum atomic E-state index is -3.83. The minimum absolute atomic E-state index is 0.181. The standard InChI is InChI=1S/C27H39N5O8S/c1-4-17-15-27(17,25(36)30-41(38,39)19-12-13-19)29-23(34)21-11-8-14-32(21)24(35)20(16-31(3)22(33)5-2)28-26(37)40-18-9-6-7-10-18/h4-5,17-21H,1-2,6-16H2,3H3,(H,28,37)(H,29,34)(H,30,36)/t17-,20+,21+,27-/m1/s1. The van der Waals surface area contributed by atoms with Crippen molar-refractivity contribution >= 4 is 39.7 Å². The largest absolute Gasteiger partial charge is 0.446 e. The predicted molar refractivity (Wildman–Crippen MR) is 147 cm³/mol. The molecule has 4 atom stereocenters. The molecule has 4 rings (SSSR count). The number of carbonyl (C=O) groups excluding carboxylic acids is 5. The summed E-state index contributed by atoms with van der Waals surface area (Å²) >= 11 is 0. The Morgan fingerprint density at radius 1 is 1.07 bits per heavy atom. The van der Waals surface area contributed by atoms with Crippen LogP contribution in [0.2, 0.25) is 0 Å². The van der Waals surface area contributed by atoms with E-state index < -0.39 is 68.5 Å². The van der Waals surface area contributed by atoms with Crippen LogP contribution in [-0.4, -0.2) is 97.1 Å². The molecule has 1 aliphatic heterocycles. The van der Waals surface area contributed by atoms with Gasteiger partial charge in [0.2, 0.25) is 27.7 Å². The normalized spacial score (nSPS) is 26.4. The molecule has 14 heteroatoms. The molecule has 41 heavy (non-hydrogen) atoms. The van der Waals surface area contributed by atoms with Gasteiger partial charge in [0.25, 0.3) is 5.91 Å². The van der Waals surface area contributed by atoms with E-state index in [1.807, 2.05) is 0 Å². The Morgan fingerprint density at radius 2 is 1.76 bits per heavy atom. The maximum absolute atomic E-state index is 13.7. The first-order valence-corrected chi connectivity index (χ1v) is 15.6. The van der Waals surface area contributed by atoms with Crippen LogP contribution in [0.3, 0.4) is 0 Å². The number of ether oxygens (including phenoxy) is 1. The first kappa shape index (κ1) is 30.5. The van der Waals surface area contributed by atoms with E-state index in [4.69, 9.17) is 4.74 Å². The molecule has 0 spiro atoms. The summed E-state index contributed by atoms with van der Waals surface area (Å²) in [7, 11) is -2.37. The molecule has 4 fully saturated rings. The van der Waals surface area contributed by atoms with Crippen LogP contribution in [0.4, 0.5) is 4.79 Å². The lowest BCUT2D eigenvalue weighted by molar-refractivity contribution is -0.141. The first-order chi connectivity index (χ1) is 19.4. The molecular formula is C27H39N5O8S. The van der Waals surface area contributed by atoms with Gasteiger partial charge in [0.15, 0.2) is 0 Å². The molecule has 0 aromatic carbocycles. The van der Waals surface area contributed by atoms with Crippen LogP contribution in [0.25, 0.3) is 0 Å². The average Bonchev–Trinajstić information content (AvgIpc) is 3.80. The van der Waals surface area contributed by atoms with Gasteiger partial charge in [0.1, 0.15) is 23.7 Å². The molecule has 0 aromatic heterocycles. The van der Waals surface area contributed by atoms with Gasteiger partial charge in [-0.05, 0) is 63.9 Å². The van der Waals surface area contributed by atoms with Crippen LogP contribution >= 0.6 is 0 Å². The van der Waals surface area contributed by atoms with E-state index in [0.717, 1.165) is 31.8 Å². The van der Waals surface area contributed by atoms with Crippen molar-refractivity contribution in [2.75, 3.05) is 20.1 Å². The summed E-state index contributed by atoms with van der Waals surface area (Å²) in [5, 5.41) is 4.66. The number of hydrogen-bond acceptors (Lipinski definition) is 8. The van der Waals surface area contributed by atoms with Crippen LogP contribution in [-0.2, 0) is 33.9 Å². The lowest BCUT2D eigenvalue weighted by Gasteiger charge is -2.31. The molecule has 1 saturated heterocycles. The number of amides is 5. The summed E-state index contributed by atoms with van der Waals surface area (Å²) in [5.74, 6) is -2.94. The Balaban J connectivity index is 1.46. The third kappa shape index (κ3) is 6.91. The lowest BCUT2D eigenvalue weighted by atomic mass is 10.1. The Kier molecular flexibility index (Phi) is 9.10. The Bertz CT molecular complexity index is 1210. The molecule has 0 unspecified atom stereocenters. The summed E-state index contributed by atoms with van der Waals surface area (Å²) < 4.78 is 32.3. The van der Waals surface area contributed by atoms with Crippen molar-refractivity contribution in [3.8, 4) is 0 Å². The second-order valence-electron chi connectivity index (χ2n) is 11.3. The van der Waals surface area contributed by atoms with E-state index in [9.17, 15) is 32.4 Å². The number of rotatable bonds is 12. The lowest BCUT2D eigenvalue weighted by Crippen LogP contribution is -2.59. The smallest absolute Gasteiger partial charge is 0.408 e. The number of likely N-dealkylation sites (tertiary alicyclic amines) is 1. The topological polar surface area (TPSA) is 171 Å². The van der Waals surface area contributed by atoms with E-state index >= 15 is 0 Å². The molecule has 3 aliphatic carbocycles. The fraction of sp³-hybridized carbons (Fsp3) is 0.667. The highest BCUT2D eigenvalue weighted by Gasteiger charge is 2.61. The first-order valence-electron chi connectivity index (χ1n) is 14.1. The number of carbonyl (C=O) groups is 5. The zero-order chi connectivity index (χ0) is 29.9. The van der Waals surface area contributed by atoms with Crippen molar-refractivity contribution in [3.05, 3.63) is 25.3 Å². The second kappa shape index (κ2) is 12.2. The van der Waals surface area contributed by atoms with Crippen LogP contribution < -0.4 is 15.4 Å². The fourth-order valence-electron chi connectivity index (χ4n) is 5.56. The van der Waals surface area contributed by atoms with Gasteiger partial charge < -0.3 is 25.2 Å². The molecule has 0 radical (unpaired) electrons. The van der Waals surface area contributed by atoms with E-state index in [-0.39, 0.29) is 25.6 Å². The van der Waals surface area contributed by atoms with Crippen LogP contribution in [0.5, 0.6) is 0 Å². The SMILES string of the molecule is C=CC(=O)N(C)C[C@H](NC(=O)OC1CCCC1)C(=O)N1CCC[C@H]1C(=O)N[C@]1(C(=O)NS(=O)(=O)C2CC2)C[C@H]1C=C. The van der Waals surface area contributed by atoms with E-state index in [0.29, 0.717) is 25.7 Å². The number of nitrogens with one attached hydrogen (secondary N) is 3. The van der Waals surface area contributed by atoms with Crippen molar-refractivity contribution in [2.24, 2.45) is 5.92 Å². The molecule has 3 saturated carbocycles. The predicted octanol–water partition coefficient (Wildman–Crippen LogP) is 0.329. The molecule has 0 bridgehead atoms. The fourth-order valence-corrected chi connectivity index (χ4v) is 6.93. The summed E-state index contributed by atoms with van der Waals surface area (Å²) in [6, 6.07) is -2.16. The van der Waals surface area contributed by atoms with Gasteiger partial charge in [0, 0.05) is 19.5 Å². The molecule has 226 valence electrons. The number of hydrogen-bond donors (Lipinski definition) is 3. The molecule has 3 N–H and O–H groups in total. The van der Waals surface area contributed by atoms with E-state index in [1.54, 1.807) is 0 Å². The number of likely N-dealkylation sites (N-methyl/N-ethyl adjacent to an activating group) is 1. The van der Waals surface area contributed by atoms with Crippen LogP contribution in [0.15, 0.2) is 25.3 Å². The Labute approximate surface area is 240 Å². The number of alkyl carbamates (subject to hydrolysis) is 1. The highest BCUT2D eigenvalue weighted by Crippen LogP contribution is 2.45. The van der Waals surface area contributed by atoms with Gasteiger partial charge in [0.05, 0.1) is 11.8 Å². The second-order valence-corrected chi connectivity index (χ2v) is 13.3. The van der Waals surface area contributed by atoms with Gasteiger partial charge >= 0.3 is 6.09 Å². The van der Waals surface area contributed by atoms with Gasteiger partial charge in [-0.15, -0.1) is 6.58 Å². The van der Waals surface area contributed by atoms with Gasteiger partial charge in [-0.2, -0.15) is 0 Å². The highest BCUT2D eigenvalue weighted by molar-refractivity contribution is 7.91. The van der Waals surface area contributed by atoms with Gasteiger partial charge in [-0.3, -0.25) is 23.9 Å². The van der Waals surface area contributed by atoms with Crippen molar-refractivity contribution < 1.29 is 37.1 Å². The van der Waals surface area contributed by atoms with Crippen molar-refractivity contribution in [1.82, 2.24) is 25.2 Å². The summed E-state index contributed by atoms with van der Waals surface area (Å²) in [6.07, 6.45) is 6.83. The molecule has 5 amide bonds. The van der Waals surface area contributed by atoms with Crippen molar-refractivity contribution in [3.63, 3.8) is 0 Å². The van der Waals surface area contributed by atoms with Gasteiger partial charge in [-0.25, -0.2) is 13.2 Å². The Morgan fingerprint density at radius 3 is 2.34 bits per heavy atom. The number of nitrogens with zero attached hydrogens (tertiary/aromatic N) is 2. The zero-order valence-corrected chi connectivity index (χ0v) is 24.1. The molecule has 1 heterocycles. The highest BCUT2D eigenvalue weighted by atomic mass is 32.2. The van der Waals surface area contributed by atoms with E-state index in [2.05, 4.69) is 28.5 Å². The van der Waals surface area contributed by atoms with Crippen LogP contribution in [0.1, 0.15) is 57.8 Å². The minimum Gasteiger partial charge on any atom is -0.446 e. The average molecular weight is 594 g/mol. The Hall–Kier alpha value is -3.42. The maximum Gasteiger partial charge on any atom is 0.408 e.